The minimum Gasteiger partial charge on any atom is -0.480 e. The molecule has 0 saturated carbocycles. The van der Waals surface area contributed by atoms with E-state index < -0.39 is 60.0 Å². The molecule has 0 saturated heterocycles. The third kappa shape index (κ3) is 22.6. The number of carboxylic acid groups (broad SMARTS) is 2. The van der Waals surface area contributed by atoms with Crippen molar-refractivity contribution in [2.45, 2.75) is 166 Å². The Kier molecular flexibility index (Phi) is 26.6. The van der Waals surface area contributed by atoms with E-state index in [1.165, 1.54) is 70.6 Å². The number of unbranched alkanes of at least 4 members (excludes halogenated alkanes) is 15. The van der Waals surface area contributed by atoms with Gasteiger partial charge in [-0.2, -0.15) is 0 Å². The summed E-state index contributed by atoms with van der Waals surface area (Å²) in [5.41, 5.74) is 11.3. The quantitative estimate of drug-likeness (QED) is 0.0341. The van der Waals surface area contributed by atoms with Gasteiger partial charge in [0.2, 0.25) is 11.8 Å². The van der Waals surface area contributed by atoms with Crippen LogP contribution in [0.5, 0.6) is 0 Å². The summed E-state index contributed by atoms with van der Waals surface area (Å²) < 4.78 is 0. The fourth-order valence-electron chi connectivity index (χ4n) is 5.36. The highest BCUT2D eigenvalue weighted by Gasteiger charge is 2.31. The molecule has 266 valence electrons. The van der Waals surface area contributed by atoms with Crippen LogP contribution in [0.3, 0.4) is 0 Å². The number of ketones is 1. The molecule has 0 aromatic heterocycles. The van der Waals surface area contributed by atoms with Crippen LogP contribution in [-0.4, -0.2) is 70.7 Å². The van der Waals surface area contributed by atoms with E-state index in [1.54, 1.807) is 0 Å². The van der Waals surface area contributed by atoms with Gasteiger partial charge in [0.25, 0.3) is 0 Å². The Labute approximate surface area is 275 Å². The first-order valence-electron chi connectivity index (χ1n) is 17.6. The molecular formula is C34H62N4O8. The van der Waals surface area contributed by atoms with Gasteiger partial charge in [-0.15, -0.1) is 0 Å². The average molecular weight is 655 g/mol. The zero-order chi connectivity index (χ0) is 34.6. The van der Waals surface area contributed by atoms with Gasteiger partial charge in [-0.25, -0.2) is 9.59 Å². The molecule has 0 fully saturated rings. The van der Waals surface area contributed by atoms with Crippen LogP contribution in [0.1, 0.15) is 148 Å². The van der Waals surface area contributed by atoms with Crippen LogP contribution in [-0.2, 0) is 28.8 Å². The zero-order valence-electron chi connectivity index (χ0n) is 28.1. The van der Waals surface area contributed by atoms with Gasteiger partial charge in [-0.05, 0) is 38.6 Å². The van der Waals surface area contributed by atoms with E-state index in [1.807, 2.05) is 0 Å². The maximum atomic E-state index is 12.5. The predicted molar refractivity (Wildman–Crippen MR) is 178 cm³/mol. The van der Waals surface area contributed by atoms with Gasteiger partial charge in [0.1, 0.15) is 18.4 Å². The fourth-order valence-corrected chi connectivity index (χ4v) is 5.36. The lowest BCUT2D eigenvalue weighted by Gasteiger charge is -2.20. The minimum atomic E-state index is -1.55. The number of hydrogen-bond acceptors (Lipinski definition) is 8. The third-order valence-corrected chi connectivity index (χ3v) is 8.29. The van der Waals surface area contributed by atoms with Gasteiger partial charge in [0.15, 0.2) is 5.78 Å². The Hall–Kier alpha value is -2.86. The van der Waals surface area contributed by atoms with E-state index in [4.69, 9.17) is 11.5 Å². The number of carbonyl (C=O) groups excluding carboxylic acids is 4. The first kappa shape index (κ1) is 43.1. The monoisotopic (exact) mass is 654 g/mol. The number of carboxylic acids is 2. The topological polar surface area (TPSA) is 219 Å². The van der Waals surface area contributed by atoms with E-state index in [-0.39, 0.29) is 19.3 Å². The molecule has 0 aliphatic heterocycles. The standard InChI is InChI=1S/C34H62N4O8/c1-2-3-4-5-6-7-8-9-10-11-12-13-14-15-16-20-30(40)37-28(33(43)44)21-22-31(41)38-29(34(45)46)24-26(25-39)32(42)27(36)19-17-18-23-35/h25-29H,2-24,35-36H2,1H3,(H,37,40)(H,38,41)(H,43,44)(H,45,46)/t26?,27-,28-,29-/m0/s1. The highest BCUT2D eigenvalue weighted by Crippen LogP contribution is 2.15. The summed E-state index contributed by atoms with van der Waals surface area (Å²) >= 11 is 0. The summed E-state index contributed by atoms with van der Waals surface area (Å²) in [6.45, 7) is 2.66. The van der Waals surface area contributed by atoms with Gasteiger partial charge in [-0.1, -0.05) is 103 Å². The van der Waals surface area contributed by atoms with Crippen molar-refractivity contribution in [1.82, 2.24) is 10.6 Å². The molecular weight excluding hydrogens is 592 g/mol. The zero-order valence-corrected chi connectivity index (χ0v) is 28.1. The second-order valence-corrected chi connectivity index (χ2v) is 12.4. The number of carbonyl (C=O) groups is 6. The van der Waals surface area contributed by atoms with Crippen LogP contribution >= 0.6 is 0 Å². The summed E-state index contributed by atoms with van der Waals surface area (Å²) in [4.78, 5) is 72.2. The van der Waals surface area contributed by atoms with E-state index in [2.05, 4.69) is 17.6 Å². The van der Waals surface area contributed by atoms with E-state index >= 15 is 0 Å². The molecule has 12 heteroatoms. The summed E-state index contributed by atoms with van der Waals surface area (Å²) in [5, 5.41) is 23.7. The van der Waals surface area contributed by atoms with Gasteiger partial charge in [-0.3, -0.25) is 14.4 Å². The van der Waals surface area contributed by atoms with Crippen LogP contribution in [0.25, 0.3) is 0 Å². The van der Waals surface area contributed by atoms with Crippen LogP contribution in [0.2, 0.25) is 0 Å². The summed E-state index contributed by atoms with van der Waals surface area (Å²) in [6.07, 6.45) is 18.9. The largest absolute Gasteiger partial charge is 0.480 e. The Bertz CT molecular complexity index is 885. The minimum absolute atomic E-state index is 0.185. The van der Waals surface area contributed by atoms with E-state index in [9.17, 15) is 39.0 Å². The molecule has 0 rings (SSSR count). The number of amides is 2. The second-order valence-electron chi connectivity index (χ2n) is 12.4. The second kappa shape index (κ2) is 28.4. The molecule has 4 atom stereocenters. The Morgan fingerprint density at radius 2 is 1.09 bits per heavy atom. The maximum Gasteiger partial charge on any atom is 0.326 e. The van der Waals surface area contributed by atoms with Gasteiger partial charge in [0.05, 0.1) is 12.0 Å². The predicted octanol–water partition coefficient (Wildman–Crippen LogP) is 4.40. The molecule has 0 aliphatic carbocycles. The number of hydrogen-bond donors (Lipinski definition) is 6. The Balaban J connectivity index is 4.34. The normalized spacial score (nSPS) is 13.7. The van der Waals surface area contributed by atoms with Crippen LogP contribution in [0.4, 0.5) is 0 Å². The summed E-state index contributed by atoms with van der Waals surface area (Å²) in [6, 6.07) is -3.82. The molecule has 2 amide bonds. The maximum absolute atomic E-state index is 12.5. The smallest absolute Gasteiger partial charge is 0.326 e. The van der Waals surface area contributed by atoms with Crippen molar-refractivity contribution in [3.63, 3.8) is 0 Å². The first-order chi connectivity index (χ1) is 22.1. The third-order valence-electron chi connectivity index (χ3n) is 8.29. The molecule has 0 bridgehead atoms. The van der Waals surface area contributed by atoms with Gasteiger partial charge in [0, 0.05) is 12.8 Å². The molecule has 0 heterocycles. The molecule has 0 spiro atoms. The van der Waals surface area contributed by atoms with E-state index in [0.29, 0.717) is 38.5 Å². The first-order valence-corrected chi connectivity index (χ1v) is 17.6. The number of aldehydes is 1. The number of Topliss-reactive ketones (excluding diaryl/α,β-unsaturated/α-hetero) is 1. The molecule has 8 N–H and O–H groups in total. The fraction of sp³-hybridized carbons (Fsp3) is 0.824. The molecule has 46 heavy (non-hydrogen) atoms. The van der Waals surface area contributed by atoms with Crippen molar-refractivity contribution in [2.24, 2.45) is 17.4 Å². The molecule has 0 aromatic rings. The number of nitrogens with two attached hydrogens (primary N) is 2. The van der Waals surface area contributed by atoms with Crippen molar-refractivity contribution in [3.05, 3.63) is 0 Å². The van der Waals surface area contributed by atoms with Crippen molar-refractivity contribution in [2.75, 3.05) is 6.54 Å². The lowest BCUT2D eigenvalue weighted by molar-refractivity contribution is -0.144. The van der Waals surface area contributed by atoms with Crippen molar-refractivity contribution < 1.29 is 39.0 Å². The van der Waals surface area contributed by atoms with Crippen molar-refractivity contribution >= 4 is 35.8 Å². The molecule has 0 aromatic carbocycles. The Morgan fingerprint density at radius 1 is 0.630 bits per heavy atom. The van der Waals surface area contributed by atoms with Crippen LogP contribution < -0.4 is 22.1 Å². The summed E-state index contributed by atoms with van der Waals surface area (Å²) in [5.74, 6) is -5.88. The SMILES string of the molecule is CCCCCCCCCCCCCCCCCC(=O)N[C@@H](CCC(=O)N[C@@H](CC(C=O)C(=O)[C@@H](N)CCCCN)C(=O)O)C(=O)O. The highest BCUT2D eigenvalue weighted by atomic mass is 16.4. The molecule has 0 radical (unpaired) electrons. The number of nitrogens with one attached hydrogen (secondary N) is 2. The van der Waals surface area contributed by atoms with Crippen LogP contribution in [0, 0.1) is 5.92 Å². The summed E-state index contributed by atoms with van der Waals surface area (Å²) in [7, 11) is 0. The molecule has 0 aliphatic rings. The van der Waals surface area contributed by atoms with Crippen molar-refractivity contribution in [1.29, 1.82) is 0 Å². The van der Waals surface area contributed by atoms with E-state index in [0.717, 1.165) is 19.3 Å². The number of aliphatic carboxylic acids is 2. The Morgan fingerprint density at radius 3 is 1.54 bits per heavy atom. The lowest BCUT2D eigenvalue weighted by atomic mass is 9.90. The van der Waals surface area contributed by atoms with Crippen molar-refractivity contribution in [3.8, 4) is 0 Å². The van der Waals surface area contributed by atoms with Gasteiger partial charge < -0.3 is 37.1 Å². The highest BCUT2D eigenvalue weighted by molar-refractivity contribution is 5.97. The average Bonchev–Trinajstić information content (AvgIpc) is 3.02. The van der Waals surface area contributed by atoms with Crippen LogP contribution in [0.15, 0.2) is 0 Å². The number of rotatable bonds is 32. The molecule has 12 nitrogen and oxygen atoms in total. The van der Waals surface area contributed by atoms with Gasteiger partial charge >= 0.3 is 11.9 Å². The lowest BCUT2D eigenvalue weighted by Crippen LogP contribution is -2.46. The molecule has 1 unspecified atom stereocenters.